The van der Waals surface area contributed by atoms with Crippen LogP contribution in [0.3, 0.4) is 0 Å². The highest BCUT2D eigenvalue weighted by molar-refractivity contribution is 5.91. The maximum atomic E-state index is 13.3. The summed E-state index contributed by atoms with van der Waals surface area (Å²) < 4.78 is 15.2. The molecular weight excluding hydrogens is 367 g/mol. The Labute approximate surface area is 169 Å². The molecule has 3 aromatic rings. The summed E-state index contributed by atoms with van der Waals surface area (Å²) in [7, 11) is 1.83. The zero-order valence-corrected chi connectivity index (χ0v) is 16.4. The quantitative estimate of drug-likeness (QED) is 0.654. The fourth-order valence-electron chi connectivity index (χ4n) is 4.01. The molecule has 5 nitrogen and oxygen atoms in total. The zero-order valence-electron chi connectivity index (χ0n) is 16.4. The van der Waals surface area contributed by atoms with Gasteiger partial charge in [0.25, 0.3) is 0 Å². The Morgan fingerprint density at radius 2 is 1.93 bits per heavy atom. The van der Waals surface area contributed by atoms with E-state index in [1.807, 2.05) is 28.8 Å². The first-order chi connectivity index (χ1) is 14.1. The molecule has 0 atom stereocenters. The summed E-state index contributed by atoms with van der Waals surface area (Å²) >= 11 is 0. The molecule has 2 amide bonds. The Kier molecular flexibility index (Phi) is 4.34. The molecule has 148 valence electrons. The van der Waals surface area contributed by atoms with E-state index < -0.39 is 0 Å². The Morgan fingerprint density at radius 3 is 2.69 bits per heavy atom. The average Bonchev–Trinajstić information content (AvgIpc) is 3.53. The predicted octanol–water partition coefficient (Wildman–Crippen LogP) is 4.64. The molecule has 0 bridgehead atoms. The number of benzene rings is 2. The minimum Gasteiger partial charge on any atom is -0.317 e. The third-order valence-corrected chi connectivity index (χ3v) is 5.89. The molecule has 1 fully saturated rings. The van der Waals surface area contributed by atoms with Crippen molar-refractivity contribution >= 4 is 11.7 Å². The van der Waals surface area contributed by atoms with Crippen molar-refractivity contribution in [3.63, 3.8) is 0 Å². The summed E-state index contributed by atoms with van der Waals surface area (Å²) in [5, 5.41) is 4.46. The molecule has 6 heteroatoms. The molecule has 5 rings (SSSR count). The van der Waals surface area contributed by atoms with Crippen molar-refractivity contribution < 1.29 is 9.18 Å². The van der Waals surface area contributed by atoms with Gasteiger partial charge in [-0.15, -0.1) is 0 Å². The molecule has 0 spiro atoms. The van der Waals surface area contributed by atoms with E-state index in [9.17, 15) is 9.18 Å². The topological polar surface area (TPSA) is 41.4 Å². The second-order valence-corrected chi connectivity index (χ2v) is 7.87. The molecule has 0 radical (unpaired) electrons. The Morgan fingerprint density at radius 1 is 1.14 bits per heavy atom. The molecule has 2 aromatic carbocycles. The molecular formula is C23H23FN4O. The van der Waals surface area contributed by atoms with E-state index >= 15 is 0 Å². The van der Waals surface area contributed by atoms with E-state index in [1.54, 1.807) is 23.2 Å². The van der Waals surface area contributed by atoms with Crippen LogP contribution in [0.15, 0.2) is 54.7 Å². The van der Waals surface area contributed by atoms with Gasteiger partial charge in [-0.3, -0.25) is 9.58 Å². The normalized spacial score (nSPS) is 15.9. The van der Waals surface area contributed by atoms with Crippen LogP contribution in [0.1, 0.15) is 30.0 Å². The highest BCUT2D eigenvalue weighted by Gasteiger charge is 2.28. The van der Waals surface area contributed by atoms with Crippen molar-refractivity contribution in [3.05, 3.63) is 71.8 Å². The van der Waals surface area contributed by atoms with Gasteiger partial charge in [0.1, 0.15) is 5.82 Å². The lowest BCUT2D eigenvalue weighted by atomic mass is 10.1. The lowest BCUT2D eigenvalue weighted by molar-refractivity contribution is 0.189. The molecule has 29 heavy (non-hydrogen) atoms. The van der Waals surface area contributed by atoms with Crippen LogP contribution >= 0.6 is 0 Å². The SMILES string of the molecule is CN(C(=O)N1CCn2ncc(-c3ccc(F)cc3)c2C1)c1cccc(C2CC2)c1. The van der Waals surface area contributed by atoms with Crippen LogP contribution < -0.4 is 4.90 Å². The number of anilines is 1. The van der Waals surface area contributed by atoms with Crippen LogP contribution in [0.25, 0.3) is 11.1 Å². The molecule has 2 heterocycles. The molecule has 1 aliphatic heterocycles. The van der Waals surface area contributed by atoms with Crippen molar-refractivity contribution in [1.82, 2.24) is 14.7 Å². The summed E-state index contributed by atoms with van der Waals surface area (Å²) in [4.78, 5) is 16.8. The lowest BCUT2D eigenvalue weighted by Crippen LogP contribution is -2.45. The minimum absolute atomic E-state index is 0.0181. The van der Waals surface area contributed by atoms with Crippen LogP contribution in [0.2, 0.25) is 0 Å². The van der Waals surface area contributed by atoms with E-state index in [4.69, 9.17) is 0 Å². The number of carbonyl (C=O) groups excluding carboxylic acids is 1. The maximum Gasteiger partial charge on any atom is 0.324 e. The molecule has 0 saturated heterocycles. The Bertz CT molecular complexity index is 1050. The summed E-state index contributed by atoms with van der Waals surface area (Å²) in [6.07, 6.45) is 4.28. The van der Waals surface area contributed by atoms with Crippen molar-refractivity contribution in [2.45, 2.75) is 31.8 Å². The fraction of sp³-hybridized carbons (Fsp3) is 0.304. The van der Waals surface area contributed by atoms with E-state index in [2.05, 4.69) is 17.2 Å². The molecule has 0 N–H and O–H groups in total. The van der Waals surface area contributed by atoms with Gasteiger partial charge in [-0.1, -0.05) is 24.3 Å². The van der Waals surface area contributed by atoms with Crippen molar-refractivity contribution in [3.8, 4) is 11.1 Å². The van der Waals surface area contributed by atoms with Gasteiger partial charge in [-0.05, 0) is 54.2 Å². The zero-order chi connectivity index (χ0) is 20.0. The second-order valence-electron chi connectivity index (χ2n) is 7.87. The van der Waals surface area contributed by atoms with Crippen LogP contribution in [-0.4, -0.2) is 34.3 Å². The number of hydrogen-bond donors (Lipinski definition) is 0. The first-order valence-corrected chi connectivity index (χ1v) is 10.0. The molecule has 2 aliphatic rings. The smallest absolute Gasteiger partial charge is 0.317 e. The molecule has 1 aromatic heterocycles. The van der Waals surface area contributed by atoms with Gasteiger partial charge in [0.2, 0.25) is 0 Å². The van der Waals surface area contributed by atoms with Gasteiger partial charge in [0.15, 0.2) is 0 Å². The van der Waals surface area contributed by atoms with Gasteiger partial charge >= 0.3 is 6.03 Å². The van der Waals surface area contributed by atoms with E-state index in [-0.39, 0.29) is 11.8 Å². The minimum atomic E-state index is -0.262. The van der Waals surface area contributed by atoms with Crippen molar-refractivity contribution in [2.75, 3.05) is 18.5 Å². The number of amides is 2. The number of halogens is 1. The number of carbonyl (C=O) groups is 1. The summed E-state index contributed by atoms with van der Waals surface area (Å²) in [6.45, 7) is 1.75. The maximum absolute atomic E-state index is 13.3. The number of hydrogen-bond acceptors (Lipinski definition) is 2. The first-order valence-electron chi connectivity index (χ1n) is 10.0. The van der Waals surface area contributed by atoms with Crippen LogP contribution in [0.5, 0.6) is 0 Å². The van der Waals surface area contributed by atoms with E-state index in [0.29, 0.717) is 25.6 Å². The van der Waals surface area contributed by atoms with Crippen LogP contribution in [-0.2, 0) is 13.1 Å². The highest BCUT2D eigenvalue weighted by Crippen LogP contribution is 2.41. The van der Waals surface area contributed by atoms with Gasteiger partial charge in [-0.2, -0.15) is 5.10 Å². The largest absolute Gasteiger partial charge is 0.324 e. The average molecular weight is 390 g/mol. The third-order valence-electron chi connectivity index (χ3n) is 5.89. The first kappa shape index (κ1) is 17.9. The summed E-state index contributed by atoms with van der Waals surface area (Å²) in [6, 6.07) is 14.7. The summed E-state index contributed by atoms with van der Waals surface area (Å²) in [5.41, 5.74) is 5.08. The number of fused-ring (bicyclic) bond motifs is 1. The van der Waals surface area contributed by atoms with Crippen LogP contribution in [0, 0.1) is 5.82 Å². The standard InChI is InChI=1S/C23H23FN4O/c1-26(20-4-2-3-18(13-20)16-5-6-16)23(29)27-11-12-28-22(15-27)21(14-25-28)17-7-9-19(24)10-8-17/h2-4,7-10,13-14,16H,5-6,11-12,15H2,1H3. The monoisotopic (exact) mass is 390 g/mol. The summed E-state index contributed by atoms with van der Waals surface area (Å²) in [5.74, 6) is 0.391. The van der Waals surface area contributed by atoms with Gasteiger partial charge in [0, 0.05) is 24.8 Å². The third kappa shape index (κ3) is 3.39. The molecule has 1 saturated carbocycles. The molecule has 1 aliphatic carbocycles. The van der Waals surface area contributed by atoms with Crippen molar-refractivity contribution in [1.29, 1.82) is 0 Å². The number of urea groups is 1. The Hall–Kier alpha value is -3.15. The second kappa shape index (κ2) is 7.03. The van der Waals surface area contributed by atoms with E-state index in [1.165, 1.54) is 30.5 Å². The predicted molar refractivity (Wildman–Crippen MR) is 110 cm³/mol. The van der Waals surface area contributed by atoms with Crippen LogP contribution in [0.4, 0.5) is 14.9 Å². The number of rotatable bonds is 3. The molecule has 0 unspecified atom stereocenters. The van der Waals surface area contributed by atoms with Crippen molar-refractivity contribution in [2.24, 2.45) is 0 Å². The lowest BCUT2D eigenvalue weighted by Gasteiger charge is -2.32. The van der Waals surface area contributed by atoms with E-state index in [0.717, 1.165) is 22.5 Å². The van der Waals surface area contributed by atoms with Gasteiger partial charge in [-0.25, -0.2) is 9.18 Å². The highest BCUT2D eigenvalue weighted by atomic mass is 19.1. The fourth-order valence-corrected chi connectivity index (χ4v) is 4.01. The Balaban J connectivity index is 1.37. The number of nitrogens with zero attached hydrogens (tertiary/aromatic N) is 4. The van der Waals surface area contributed by atoms with Gasteiger partial charge < -0.3 is 4.90 Å². The number of aromatic nitrogens is 2. The van der Waals surface area contributed by atoms with Gasteiger partial charge in [0.05, 0.1) is 25.0 Å².